The van der Waals surface area contributed by atoms with Crippen LogP contribution in [0.5, 0.6) is 0 Å². The summed E-state index contributed by atoms with van der Waals surface area (Å²) in [7, 11) is 0. The summed E-state index contributed by atoms with van der Waals surface area (Å²) in [6.45, 7) is 2.07. The molecule has 2 aromatic heterocycles. The number of aryl methyl sites for hydroxylation is 1. The maximum absolute atomic E-state index is 4.75. The van der Waals surface area contributed by atoms with Crippen molar-refractivity contribution in [2.75, 3.05) is 5.43 Å². The van der Waals surface area contributed by atoms with Crippen LogP contribution in [-0.4, -0.2) is 21.2 Å². The Bertz CT molecular complexity index is 1380. The van der Waals surface area contributed by atoms with E-state index < -0.39 is 0 Å². The molecule has 0 aliphatic carbocycles. The molecule has 0 saturated heterocycles. The van der Waals surface area contributed by atoms with Crippen LogP contribution in [0.4, 0.5) is 5.95 Å². The van der Waals surface area contributed by atoms with Gasteiger partial charge < -0.3 is 0 Å². The van der Waals surface area contributed by atoms with Gasteiger partial charge in [0.25, 0.3) is 0 Å². The monoisotopic (exact) mass is 389 g/mol. The number of benzene rings is 3. The van der Waals surface area contributed by atoms with Crippen molar-refractivity contribution in [3.63, 3.8) is 0 Å². The van der Waals surface area contributed by atoms with Crippen molar-refractivity contribution in [3.05, 3.63) is 96.2 Å². The highest BCUT2D eigenvalue weighted by Crippen LogP contribution is 2.28. The van der Waals surface area contributed by atoms with Crippen molar-refractivity contribution in [1.82, 2.24) is 15.0 Å². The Morgan fingerprint density at radius 2 is 1.73 bits per heavy atom. The summed E-state index contributed by atoms with van der Waals surface area (Å²) in [6, 6.07) is 26.3. The minimum Gasteiger partial charge on any atom is -0.256 e. The van der Waals surface area contributed by atoms with Gasteiger partial charge in [0.15, 0.2) is 0 Å². The van der Waals surface area contributed by atoms with Gasteiger partial charge in [-0.05, 0) is 36.8 Å². The van der Waals surface area contributed by atoms with Gasteiger partial charge in [0, 0.05) is 22.5 Å². The Balaban J connectivity index is 1.49. The molecule has 0 aliphatic heterocycles. The van der Waals surface area contributed by atoms with Gasteiger partial charge in [0.2, 0.25) is 5.95 Å². The van der Waals surface area contributed by atoms with Crippen LogP contribution < -0.4 is 5.43 Å². The molecule has 0 amide bonds. The zero-order chi connectivity index (χ0) is 20.3. The molecule has 0 aliphatic rings. The number of aromatic nitrogens is 3. The Hall–Kier alpha value is -4.12. The largest absolute Gasteiger partial charge is 0.256 e. The number of nitrogens with one attached hydrogen (secondary N) is 1. The molecule has 0 atom stereocenters. The second kappa shape index (κ2) is 7.72. The first-order chi connectivity index (χ1) is 14.8. The van der Waals surface area contributed by atoms with E-state index in [2.05, 4.69) is 51.7 Å². The van der Waals surface area contributed by atoms with Gasteiger partial charge in [-0.25, -0.2) is 15.4 Å². The molecule has 2 heterocycles. The van der Waals surface area contributed by atoms with Gasteiger partial charge in [-0.1, -0.05) is 60.2 Å². The molecule has 30 heavy (non-hydrogen) atoms. The van der Waals surface area contributed by atoms with Crippen LogP contribution >= 0.6 is 0 Å². The zero-order valence-corrected chi connectivity index (χ0v) is 16.4. The number of pyridine rings is 1. The molecule has 144 valence electrons. The number of rotatable bonds is 4. The summed E-state index contributed by atoms with van der Waals surface area (Å²) in [5.74, 6) is 0.459. The first-order valence-corrected chi connectivity index (χ1v) is 9.74. The smallest absolute Gasteiger partial charge is 0.244 e. The third kappa shape index (κ3) is 3.61. The minimum atomic E-state index is 0.459. The molecular formula is C25H19N5. The van der Waals surface area contributed by atoms with E-state index in [1.165, 1.54) is 5.56 Å². The Morgan fingerprint density at radius 3 is 2.63 bits per heavy atom. The lowest BCUT2D eigenvalue weighted by Gasteiger charge is -2.09. The second-order valence-electron chi connectivity index (χ2n) is 7.11. The third-order valence-electron chi connectivity index (χ3n) is 4.91. The normalized spacial score (nSPS) is 11.4. The molecule has 0 radical (unpaired) electrons. The summed E-state index contributed by atoms with van der Waals surface area (Å²) in [4.78, 5) is 13.8. The number of fused-ring (bicyclic) bond motifs is 2. The van der Waals surface area contributed by atoms with E-state index in [0.717, 1.165) is 38.6 Å². The van der Waals surface area contributed by atoms with Crippen molar-refractivity contribution in [2.24, 2.45) is 5.10 Å². The SMILES string of the molecule is Cc1ccc2nc(NN=Cc3ccc4cccnc4c3)nc(-c3ccccc3)c2c1. The fourth-order valence-corrected chi connectivity index (χ4v) is 3.44. The molecule has 5 aromatic rings. The maximum atomic E-state index is 4.75. The maximum Gasteiger partial charge on any atom is 0.244 e. The van der Waals surface area contributed by atoms with Crippen LogP contribution in [0.25, 0.3) is 33.1 Å². The van der Waals surface area contributed by atoms with Gasteiger partial charge >= 0.3 is 0 Å². The van der Waals surface area contributed by atoms with Crippen LogP contribution in [0.1, 0.15) is 11.1 Å². The van der Waals surface area contributed by atoms with Crippen LogP contribution in [0.2, 0.25) is 0 Å². The van der Waals surface area contributed by atoms with Crippen LogP contribution in [0, 0.1) is 6.92 Å². The number of hydrazone groups is 1. The molecule has 1 N–H and O–H groups in total. The Morgan fingerprint density at radius 1 is 0.833 bits per heavy atom. The summed E-state index contributed by atoms with van der Waals surface area (Å²) < 4.78 is 0. The lowest BCUT2D eigenvalue weighted by molar-refractivity contribution is 1.15. The van der Waals surface area contributed by atoms with Crippen molar-refractivity contribution in [2.45, 2.75) is 6.92 Å². The zero-order valence-electron chi connectivity index (χ0n) is 16.4. The van der Waals surface area contributed by atoms with Crippen LogP contribution in [0.15, 0.2) is 90.2 Å². The molecule has 0 saturated carbocycles. The topological polar surface area (TPSA) is 63.1 Å². The van der Waals surface area contributed by atoms with E-state index in [1.807, 2.05) is 54.6 Å². The molecule has 0 fully saturated rings. The summed E-state index contributed by atoms with van der Waals surface area (Å²) in [6.07, 6.45) is 3.54. The number of hydrogen-bond acceptors (Lipinski definition) is 5. The average molecular weight is 389 g/mol. The Labute approximate surface area is 174 Å². The van der Waals surface area contributed by atoms with Crippen molar-refractivity contribution >= 4 is 34.0 Å². The van der Waals surface area contributed by atoms with Gasteiger partial charge in [0.1, 0.15) is 0 Å². The quantitative estimate of drug-likeness (QED) is 0.321. The van der Waals surface area contributed by atoms with Gasteiger partial charge in [-0.2, -0.15) is 5.10 Å². The molecule has 5 heteroatoms. The molecule has 5 nitrogen and oxygen atoms in total. The van der Waals surface area contributed by atoms with E-state index in [9.17, 15) is 0 Å². The number of anilines is 1. The standard InChI is InChI=1S/C25H19N5/c1-17-9-12-22-21(14-17)24(20-6-3-2-4-7-20)29-25(28-22)30-27-16-18-10-11-19-8-5-13-26-23(19)15-18/h2-16H,1H3,(H,28,29,30). The van der Waals surface area contributed by atoms with Gasteiger partial charge in [0.05, 0.1) is 22.9 Å². The fourth-order valence-electron chi connectivity index (χ4n) is 3.44. The highest BCUT2D eigenvalue weighted by Gasteiger charge is 2.10. The average Bonchev–Trinajstić information content (AvgIpc) is 2.79. The number of nitrogens with zero attached hydrogens (tertiary/aromatic N) is 4. The van der Waals surface area contributed by atoms with Crippen LogP contribution in [-0.2, 0) is 0 Å². The molecular weight excluding hydrogens is 370 g/mol. The molecule has 0 spiro atoms. The summed E-state index contributed by atoms with van der Waals surface area (Å²) in [5.41, 5.74) is 8.85. The van der Waals surface area contributed by atoms with E-state index in [-0.39, 0.29) is 0 Å². The molecule has 5 rings (SSSR count). The summed E-state index contributed by atoms with van der Waals surface area (Å²) >= 11 is 0. The molecule has 0 bridgehead atoms. The lowest BCUT2D eigenvalue weighted by atomic mass is 10.0. The van der Waals surface area contributed by atoms with E-state index in [0.29, 0.717) is 5.95 Å². The highest BCUT2D eigenvalue weighted by molar-refractivity contribution is 5.94. The van der Waals surface area contributed by atoms with E-state index >= 15 is 0 Å². The second-order valence-corrected chi connectivity index (χ2v) is 7.11. The lowest BCUT2D eigenvalue weighted by Crippen LogP contribution is -2.00. The van der Waals surface area contributed by atoms with Crippen molar-refractivity contribution in [1.29, 1.82) is 0 Å². The van der Waals surface area contributed by atoms with Crippen molar-refractivity contribution < 1.29 is 0 Å². The van der Waals surface area contributed by atoms with E-state index in [1.54, 1.807) is 12.4 Å². The molecule has 0 unspecified atom stereocenters. The van der Waals surface area contributed by atoms with Gasteiger partial charge in [-0.3, -0.25) is 4.98 Å². The predicted octanol–water partition coefficient (Wildman–Crippen LogP) is 5.60. The van der Waals surface area contributed by atoms with Crippen LogP contribution in [0.3, 0.4) is 0 Å². The van der Waals surface area contributed by atoms with E-state index in [4.69, 9.17) is 4.98 Å². The highest BCUT2D eigenvalue weighted by atomic mass is 15.3. The number of hydrogen-bond donors (Lipinski definition) is 1. The first kappa shape index (κ1) is 17.9. The third-order valence-corrected chi connectivity index (χ3v) is 4.91. The predicted molar refractivity (Wildman–Crippen MR) is 123 cm³/mol. The summed E-state index contributed by atoms with van der Waals surface area (Å²) in [5, 5.41) is 6.47. The fraction of sp³-hybridized carbons (Fsp3) is 0.0400. The van der Waals surface area contributed by atoms with Crippen molar-refractivity contribution in [3.8, 4) is 11.3 Å². The first-order valence-electron chi connectivity index (χ1n) is 9.74. The molecule has 3 aromatic carbocycles. The minimum absolute atomic E-state index is 0.459. The Kier molecular flexibility index (Phi) is 4.62. The van der Waals surface area contributed by atoms with Gasteiger partial charge in [-0.15, -0.1) is 0 Å².